The second-order valence-electron chi connectivity index (χ2n) is 6.63. The number of methoxy groups -OCH3 is 2. The molecule has 0 radical (unpaired) electrons. The monoisotopic (exact) mass is 407 g/mol. The Hall–Kier alpha value is -2.92. The molecule has 1 unspecified atom stereocenters. The predicted octanol–water partition coefficient (Wildman–Crippen LogP) is 5.01. The third-order valence-electron chi connectivity index (χ3n) is 4.57. The van der Waals surface area contributed by atoms with Gasteiger partial charge >= 0.3 is 0 Å². The number of thioether (sulfide) groups is 1. The van der Waals surface area contributed by atoms with Crippen molar-refractivity contribution in [3.63, 3.8) is 0 Å². The van der Waals surface area contributed by atoms with Crippen LogP contribution >= 0.6 is 11.8 Å². The van der Waals surface area contributed by atoms with E-state index in [0.29, 0.717) is 17.3 Å². The maximum Gasteiger partial charge on any atom is 0.231 e. The smallest absolute Gasteiger partial charge is 0.231 e. The normalized spacial score (nSPS) is 11.6. The molecule has 0 saturated carbocycles. The Morgan fingerprint density at radius 3 is 2.21 bits per heavy atom. The van der Waals surface area contributed by atoms with Crippen LogP contribution in [0, 0.1) is 6.92 Å². The van der Waals surface area contributed by atoms with Gasteiger partial charge < -0.3 is 14.8 Å². The minimum Gasteiger partial charge on any atom is -0.493 e. The van der Waals surface area contributed by atoms with Gasteiger partial charge in [-0.1, -0.05) is 60.2 Å². The molecular weight excluding hydrogens is 382 g/mol. The van der Waals surface area contributed by atoms with Crippen LogP contribution in [0.3, 0.4) is 0 Å². The Labute approximate surface area is 176 Å². The number of ether oxygens (including phenoxy) is 2. The van der Waals surface area contributed by atoms with E-state index in [9.17, 15) is 4.79 Å². The molecule has 0 aromatic heterocycles. The molecule has 1 N–H and O–H groups in total. The van der Waals surface area contributed by atoms with E-state index in [0.717, 1.165) is 16.0 Å². The lowest BCUT2D eigenvalue weighted by atomic mass is 9.98. The maximum atomic E-state index is 12.7. The summed E-state index contributed by atoms with van der Waals surface area (Å²) in [7, 11) is 3.21. The molecule has 3 aromatic carbocycles. The third-order valence-corrected chi connectivity index (χ3v) is 5.57. The second-order valence-corrected chi connectivity index (χ2v) is 7.68. The molecule has 4 nitrogen and oxygen atoms in total. The molecule has 0 bridgehead atoms. The Balaban J connectivity index is 1.71. The van der Waals surface area contributed by atoms with Crippen LogP contribution in [-0.4, -0.2) is 25.9 Å². The molecule has 0 aliphatic heterocycles. The standard InChI is InChI=1S/C24H25NO3S/c1-17-9-11-19(12-10-17)24(18-7-5-4-6-8-18)25-23(26)16-29-20-13-14-21(27-2)22(15-20)28-3/h4-15,24H,16H2,1-3H3,(H,25,26). The highest BCUT2D eigenvalue weighted by molar-refractivity contribution is 8.00. The number of rotatable bonds is 8. The Kier molecular flexibility index (Phi) is 7.19. The van der Waals surface area contributed by atoms with Gasteiger partial charge in [-0.2, -0.15) is 0 Å². The molecular formula is C24H25NO3S. The average molecular weight is 408 g/mol. The Morgan fingerprint density at radius 2 is 1.55 bits per heavy atom. The van der Waals surface area contributed by atoms with Gasteiger partial charge in [0.05, 0.1) is 26.0 Å². The molecule has 3 aromatic rings. The molecule has 0 fully saturated rings. The second kappa shape index (κ2) is 10.0. The van der Waals surface area contributed by atoms with E-state index in [1.807, 2.05) is 48.5 Å². The van der Waals surface area contributed by atoms with Gasteiger partial charge in [0.15, 0.2) is 11.5 Å². The van der Waals surface area contributed by atoms with Crippen molar-refractivity contribution in [1.82, 2.24) is 5.32 Å². The summed E-state index contributed by atoms with van der Waals surface area (Å²) in [5.74, 6) is 1.61. The van der Waals surface area contributed by atoms with Crippen LogP contribution in [0.15, 0.2) is 77.7 Å². The number of amides is 1. The first kappa shape index (κ1) is 20.8. The summed E-state index contributed by atoms with van der Waals surface area (Å²) >= 11 is 1.46. The van der Waals surface area contributed by atoms with Crippen LogP contribution in [0.4, 0.5) is 0 Å². The van der Waals surface area contributed by atoms with E-state index < -0.39 is 0 Å². The van der Waals surface area contributed by atoms with E-state index in [1.54, 1.807) is 14.2 Å². The van der Waals surface area contributed by atoms with Crippen LogP contribution in [-0.2, 0) is 4.79 Å². The van der Waals surface area contributed by atoms with Crippen molar-refractivity contribution in [1.29, 1.82) is 0 Å². The number of carbonyl (C=O) groups is 1. The van der Waals surface area contributed by atoms with Crippen LogP contribution in [0.25, 0.3) is 0 Å². The van der Waals surface area contributed by atoms with E-state index >= 15 is 0 Å². The molecule has 0 aliphatic carbocycles. The SMILES string of the molecule is COc1ccc(SCC(=O)NC(c2ccccc2)c2ccc(C)cc2)cc1OC. The first-order valence-electron chi connectivity index (χ1n) is 9.36. The zero-order valence-electron chi connectivity index (χ0n) is 16.8. The topological polar surface area (TPSA) is 47.6 Å². The fourth-order valence-corrected chi connectivity index (χ4v) is 3.76. The van der Waals surface area contributed by atoms with Crippen LogP contribution in [0.5, 0.6) is 11.5 Å². The molecule has 0 saturated heterocycles. The molecule has 1 atom stereocenters. The quantitative estimate of drug-likeness (QED) is 0.533. The Bertz CT molecular complexity index is 942. The number of carbonyl (C=O) groups excluding carboxylic acids is 1. The molecule has 150 valence electrons. The van der Waals surface area contributed by atoms with Crippen molar-refractivity contribution in [3.8, 4) is 11.5 Å². The van der Waals surface area contributed by atoms with Gasteiger partial charge in [-0.15, -0.1) is 11.8 Å². The molecule has 29 heavy (non-hydrogen) atoms. The van der Waals surface area contributed by atoms with Crippen molar-refractivity contribution in [2.45, 2.75) is 17.9 Å². The number of aryl methyl sites for hydroxylation is 1. The Morgan fingerprint density at radius 1 is 0.897 bits per heavy atom. The molecule has 0 heterocycles. The van der Waals surface area contributed by atoms with Gasteiger partial charge in [0, 0.05) is 4.90 Å². The van der Waals surface area contributed by atoms with Gasteiger partial charge in [-0.05, 0) is 36.2 Å². The fraction of sp³-hybridized carbons (Fsp3) is 0.208. The summed E-state index contributed by atoms with van der Waals surface area (Å²) in [6, 6.07) is 23.7. The lowest BCUT2D eigenvalue weighted by Crippen LogP contribution is -2.30. The zero-order valence-corrected chi connectivity index (χ0v) is 17.7. The van der Waals surface area contributed by atoms with Crippen LogP contribution in [0.2, 0.25) is 0 Å². The molecule has 1 amide bonds. The summed E-state index contributed by atoms with van der Waals surface area (Å²) in [6.45, 7) is 2.06. The minimum absolute atomic E-state index is 0.0285. The number of nitrogens with one attached hydrogen (secondary N) is 1. The van der Waals surface area contributed by atoms with E-state index in [1.165, 1.54) is 17.3 Å². The average Bonchev–Trinajstić information content (AvgIpc) is 2.77. The largest absolute Gasteiger partial charge is 0.493 e. The maximum absolute atomic E-state index is 12.7. The van der Waals surface area contributed by atoms with Crippen molar-refractivity contribution in [2.24, 2.45) is 0 Å². The van der Waals surface area contributed by atoms with Gasteiger partial charge in [-0.3, -0.25) is 4.79 Å². The lowest BCUT2D eigenvalue weighted by molar-refractivity contribution is -0.119. The molecule has 3 rings (SSSR count). The first-order valence-corrected chi connectivity index (χ1v) is 10.3. The van der Waals surface area contributed by atoms with Crippen molar-refractivity contribution in [2.75, 3.05) is 20.0 Å². The lowest BCUT2D eigenvalue weighted by Gasteiger charge is -2.20. The van der Waals surface area contributed by atoms with E-state index in [-0.39, 0.29) is 11.9 Å². The van der Waals surface area contributed by atoms with E-state index in [4.69, 9.17) is 9.47 Å². The summed E-state index contributed by atoms with van der Waals surface area (Å²) in [5.41, 5.74) is 3.31. The summed E-state index contributed by atoms with van der Waals surface area (Å²) in [5, 5.41) is 3.17. The van der Waals surface area contributed by atoms with Crippen molar-refractivity contribution >= 4 is 17.7 Å². The van der Waals surface area contributed by atoms with E-state index in [2.05, 4.69) is 36.5 Å². The number of hydrogen-bond acceptors (Lipinski definition) is 4. The van der Waals surface area contributed by atoms with Crippen molar-refractivity contribution in [3.05, 3.63) is 89.5 Å². The molecule has 5 heteroatoms. The zero-order chi connectivity index (χ0) is 20.6. The molecule has 0 spiro atoms. The third kappa shape index (κ3) is 5.55. The number of hydrogen-bond donors (Lipinski definition) is 1. The van der Waals surface area contributed by atoms with Gasteiger partial charge in [0.1, 0.15) is 0 Å². The van der Waals surface area contributed by atoms with Gasteiger partial charge in [-0.25, -0.2) is 0 Å². The van der Waals surface area contributed by atoms with Gasteiger partial charge in [0.25, 0.3) is 0 Å². The molecule has 0 aliphatic rings. The van der Waals surface area contributed by atoms with Crippen LogP contribution < -0.4 is 14.8 Å². The highest BCUT2D eigenvalue weighted by Gasteiger charge is 2.17. The summed E-state index contributed by atoms with van der Waals surface area (Å²) in [6.07, 6.45) is 0. The van der Waals surface area contributed by atoms with Crippen molar-refractivity contribution < 1.29 is 14.3 Å². The fourth-order valence-electron chi connectivity index (χ4n) is 3.02. The summed E-state index contributed by atoms with van der Waals surface area (Å²) in [4.78, 5) is 13.7. The van der Waals surface area contributed by atoms with Gasteiger partial charge in [0.2, 0.25) is 5.91 Å². The first-order chi connectivity index (χ1) is 14.1. The number of benzene rings is 3. The summed E-state index contributed by atoms with van der Waals surface area (Å²) < 4.78 is 10.6. The highest BCUT2D eigenvalue weighted by atomic mass is 32.2. The minimum atomic E-state index is -0.185. The van der Waals surface area contributed by atoms with Crippen LogP contribution in [0.1, 0.15) is 22.7 Å². The highest BCUT2D eigenvalue weighted by Crippen LogP contribution is 2.32. The predicted molar refractivity (Wildman–Crippen MR) is 118 cm³/mol.